The van der Waals surface area contributed by atoms with E-state index in [9.17, 15) is 0 Å². The van der Waals surface area contributed by atoms with Gasteiger partial charge in [-0.1, -0.05) is 25.4 Å². The standard InChI is InChI=1S/C13H21ClN4/c1-3-6-15-13-17-8-11(14)12(18-13)16-7-9(2)10-4-5-10/h8-10H,3-7H2,1-2H3,(H2,15,16,17,18). The van der Waals surface area contributed by atoms with E-state index >= 15 is 0 Å². The zero-order chi connectivity index (χ0) is 13.0. The van der Waals surface area contributed by atoms with Crippen LogP contribution in [0, 0.1) is 11.8 Å². The van der Waals surface area contributed by atoms with E-state index in [4.69, 9.17) is 11.6 Å². The van der Waals surface area contributed by atoms with Gasteiger partial charge in [-0.25, -0.2) is 4.98 Å². The number of nitrogens with one attached hydrogen (secondary N) is 2. The summed E-state index contributed by atoms with van der Waals surface area (Å²) < 4.78 is 0. The molecule has 1 aromatic rings. The fraction of sp³-hybridized carbons (Fsp3) is 0.692. The number of rotatable bonds is 7. The third kappa shape index (κ3) is 3.73. The monoisotopic (exact) mass is 268 g/mol. The lowest BCUT2D eigenvalue weighted by Gasteiger charge is -2.13. The summed E-state index contributed by atoms with van der Waals surface area (Å²) in [5.41, 5.74) is 0. The molecule has 18 heavy (non-hydrogen) atoms. The normalized spacial score (nSPS) is 16.4. The van der Waals surface area contributed by atoms with Crippen LogP contribution >= 0.6 is 11.6 Å². The highest BCUT2D eigenvalue weighted by molar-refractivity contribution is 6.32. The van der Waals surface area contributed by atoms with Gasteiger partial charge in [0.1, 0.15) is 10.8 Å². The molecule has 1 aromatic heterocycles. The van der Waals surface area contributed by atoms with Crippen molar-refractivity contribution in [3.8, 4) is 0 Å². The molecule has 1 unspecified atom stereocenters. The van der Waals surface area contributed by atoms with E-state index in [-0.39, 0.29) is 0 Å². The average Bonchev–Trinajstić information content (AvgIpc) is 3.20. The molecule has 100 valence electrons. The summed E-state index contributed by atoms with van der Waals surface area (Å²) in [5, 5.41) is 7.07. The van der Waals surface area contributed by atoms with Crippen molar-refractivity contribution in [1.29, 1.82) is 0 Å². The highest BCUT2D eigenvalue weighted by Crippen LogP contribution is 2.36. The Morgan fingerprint density at radius 1 is 1.44 bits per heavy atom. The highest BCUT2D eigenvalue weighted by Gasteiger charge is 2.27. The van der Waals surface area contributed by atoms with Gasteiger partial charge in [0.15, 0.2) is 0 Å². The molecule has 0 radical (unpaired) electrons. The second-order valence-corrected chi connectivity index (χ2v) is 5.42. The predicted octanol–water partition coefficient (Wildman–Crippen LogP) is 3.41. The molecule has 2 N–H and O–H groups in total. The highest BCUT2D eigenvalue weighted by atomic mass is 35.5. The predicted molar refractivity (Wildman–Crippen MR) is 76.2 cm³/mol. The third-order valence-corrected chi connectivity index (χ3v) is 3.57. The minimum absolute atomic E-state index is 0.583. The van der Waals surface area contributed by atoms with Gasteiger partial charge in [-0.05, 0) is 31.1 Å². The van der Waals surface area contributed by atoms with Gasteiger partial charge >= 0.3 is 0 Å². The maximum absolute atomic E-state index is 6.09. The van der Waals surface area contributed by atoms with Crippen LogP contribution in [0.5, 0.6) is 0 Å². The summed E-state index contributed by atoms with van der Waals surface area (Å²) in [6, 6.07) is 0. The van der Waals surface area contributed by atoms with Crippen LogP contribution in [-0.2, 0) is 0 Å². The second kappa shape index (κ2) is 6.23. The first-order valence-corrected chi connectivity index (χ1v) is 7.08. The van der Waals surface area contributed by atoms with E-state index in [1.165, 1.54) is 12.8 Å². The first-order valence-electron chi connectivity index (χ1n) is 6.71. The smallest absolute Gasteiger partial charge is 0.224 e. The van der Waals surface area contributed by atoms with Crippen LogP contribution in [0.1, 0.15) is 33.1 Å². The van der Waals surface area contributed by atoms with Crippen molar-refractivity contribution in [2.75, 3.05) is 23.7 Å². The lowest BCUT2D eigenvalue weighted by molar-refractivity contribution is 0.536. The maximum atomic E-state index is 6.09. The van der Waals surface area contributed by atoms with Crippen molar-refractivity contribution < 1.29 is 0 Å². The molecule has 0 amide bonds. The molecule has 0 bridgehead atoms. The Bertz CT molecular complexity index is 393. The summed E-state index contributed by atoms with van der Waals surface area (Å²) in [7, 11) is 0. The molecule has 1 heterocycles. The first kappa shape index (κ1) is 13.4. The number of halogens is 1. The average molecular weight is 269 g/mol. The maximum Gasteiger partial charge on any atom is 0.224 e. The number of hydrogen-bond acceptors (Lipinski definition) is 4. The molecular formula is C13H21ClN4. The zero-order valence-corrected chi connectivity index (χ0v) is 11.8. The van der Waals surface area contributed by atoms with Gasteiger partial charge in [0.2, 0.25) is 5.95 Å². The second-order valence-electron chi connectivity index (χ2n) is 5.01. The molecule has 1 atom stereocenters. The molecule has 1 aliphatic carbocycles. The number of anilines is 2. The van der Waals surface area contributed by atoms with Crippen molar-refractivity contribution >= 4 is 23.4 Å². The van der Waals surface area contributed by atoms with Crippen molar-refractivity contribution in [2.24, 2.45) is 11.8 Å². The Hall–Kier alpha value is -1.03. The fourth-order valence-electron chi connectivity index (χ4n) is 1.90. The molecule has 1 aliphatic rings. The van der Waals surface area contributed by atoms with Gasteiger partial charge in [0, 0.05) is 13.1 Å². The number of nitrogens with zero attached hydrogens (tertiary/aromatic N) is 2. The topological polar surface area (TPSA) is 49.8 Å². The van der Waals surface area contributed by atoms with Gasteiger partial charge < -0.3 is 10.6 Å². The molecule has 0 saturated heterocycles. The van der Waals surface area contributed by atoms with Gasteiger partial charge in [-0.2, -0.15) is 4.98 Å². The summed E-state index contributed by atoms with van der Waals surface area (Å²) in [4.78, 5) is 8.55. The molecule has 0 aromatic carbocycles. The molecule has 5 heteroatoms. The molecule has 2 rings (SSSR count). The van der Waals surface area contributed by atoms with Gasteiger partial charge in [-0.15, -0.1) is 0 Å². The van der Waals surface area contributed by atoms with Crippen LogP contribution in [0.25, 0.3) is 0 Å². The van der Waals surface area contributed by atoms with Crippen molar-refractivity contribution in [1.82, 2.24) is 9.97 Å². The summed E-state index contributed by atoms with van der Waals surface area (Å²) in [6.45, 7) is 6.18. The molecule has 1 fully saturated rings. The van der Waals surface area contributed by atoms with E-state index in [1.54, 1.807) is 6.20 Å². The molecule has 0 aliphatic heterocycles. The van der Waals surface area contributed by atoms with Crippen LogP contribution < -0.4 is 10.6 Å². The molecule has 4 nitrogen and oxygen atoms in total. The van der Waals surface area contributed by atoms with Crippen molar-refractivity contribution in [3.63, 3.8) is 0 Å². The summed E-state index contributed by atoms with van der Waals surface area (Å²) >= 11 is 6.09. The van der Waals surface area contributed by atoms with Crippen LogP contribution in [-0.4, -0.2) is 23.1 Å². The molecular weight excluding hydrogens is 248 g/mol. The minimum Gasteiger partial charge on any atom is -0.368 e. The Balaban J connectivity index is 1.92. The van der Waals surface area contributed by atoms with Crippen LogP contribution in [0.4, 0.5) is 11.8 Å². The van der Waals surface area contributed by atoms with E-state index in [1.807, 2.05) is 0 Å². The number of aromatic nitrogens is 2. The Kier molecular flexibility index (Phi) is 4.64. The molecule has 0 spiro atoms. The molecule has 1 saturated carbocycles. The van der Waals surface area contributed by atoms with Crippen LogP contribution in [0.2, 0.25) is 5.02 Å². The Labute approximate surface area is 114 Å². The van der Waals surface area contributed by atoms with Gasteiger partial charge in [0.25, 0.3) is 0 Å². The van der Waals surface area contributed by atoms with Gasteiger partial charge in [-0.3, -0.25) is 0 Å². The SMILES string of the molecule is CCCNc1ncc(Cl)c(NCC(C)C2CC2)n1. The summed E-state index contributed by atoms with van der Waals surface area (Å²) in [6.07, 6.45) is 5.43. The summed E-state index contributed by atoms with van der Waals surface area (Å²) in [5.74, 6) is 2.94. The van der Waals surface area contributed by atoms with E-state index in [0.717, 1.165) is 31.2 Å². The minimum atomic E-state index is 0.583. The quantitative estimate of drug-likeness (QED) is 0.796. The van der Waals surface area contributed by atoms with Gasteiger partial charge in [0.05, 0.1) is 6.20 Å². The van der Waals surface area contributed by atoms with E-state index in [0.29, 0.717) is 16.9 Å². The first-order chi connectivity index (χ1) is 8.70. The Morgan fingerprint density at radius 2 is 2.22 bits per heavy atom. The van der Waals surface area contributed by atoms with Crippen LogP contribution in [0.15, 0.2) is 6.20 Å². The Morgan fingerprint density at radius 3 is 2.89 bits per heavy atom. The zero-order valence-electron chi connectivity index (χ0n) is 11.0. The van der Waals surface area contributed by atoms with E-state index < -0.39 is 0 Å². The number of hydrogen-bond donors (Lipinski definition) is 2. The third-order valence-electron chi connectivity index (χ3n) is 3.30. The van der Waals surface area contributed by atoms with Crippen LogP contribution in [0.3, 0.4) is 0 Å². The van der Waals surface area contributed by atoms with E-state index in [2.05, 4.69) is 34.4 Å². The van der Waals surface area contributed by atoms with Crippen molar-refractivity contribution in [2.45, 2.75) is 33.1 Å². The lowest BCUT2D eigenvalue weighted by Crippen LogP contribution is -2.15. The fourth-order valence-corrected chi connectivity index (χ4v) is 2.06. The largest absolute Gasteiger partial charge is 0.368 e. The lowest BCUT2D eigenvalue weighted by atomic mass is 10.1. The van der Waals surface area contributed by atoms with Crippen molar-refractivity contribution in [3.05, 3.63) is 11.2 Å².